The molecule has 2 aliphatic heterocycles. The standard InChI is InChI=1S/C29H14Cl2N4O4S3/c30-19-8-5-14(11-20(19)31)32-28-34-25(36)23(40-28)13-16-7-10-24(39-16)42-29-33-21-9-6-15(12-22(21)41-29)35-26(37)17-3-1-2-4-18(17)27(35)38/h1-13H,(H,32,34,36)/b23-13-. The number of aromatic nitrogens is 1. The third-order valence-electron chi connectivity index (χ3n) is 6.25. The van der Waals surface area contributed by atoms with Crippen molar-refractivity contribution < 1.29 is 18.8 Å². The first-order chi connectivity index (χ1) is 20.3. The van der Waals surface area contributed by atoms with E-state index in [-0.39, 0.29) is 17.7 Å². The maximum absolute atomic E-state index is 12.9. The van der Waals surface area contributed by atoms with Crippen molar-refractivity contribution in [2.75, 3.05) is 4.90 Å². The summed E-state index contributed by atoms with van der Waals surface area (Å²) in [7, 11) is 0. The van der Waals surface area contributed by atoms with Gasteiger partial charge in [-0.05, 0) is 84.2 Å². The summed E-state index contributed by atoms with van der Waals surface area (Å²) in [4.78, 5) is 49.0. The molecule has 0 atom stereocenters. The fraction of sp³-hybridized carbons (Fsp3) is 0. The van der Waals surface area contributed by atoms with Crippen LogP contribution in [0.5, 0.6) is 0 Å². The lowest BCUT2D eigenvalue weighted by molar-refractivity contribution is -0.115. The highest BCUT2D eigenvalue weighted by molar-refractivity contribution is 8.18. The van der Waals surface area contributed by atoms with E-state index in [1.165, 1.54) is 39.8 Å². The van der Waals surface area contributed by atoms with Crippen molar-refractivity contribution in [3.05, 3.63) is 105 Å². The first-order valence-electron chi connectivity index (χ1n) is 12.2. The number of amidine groups is 1. The van der Waals surface area contributed by atoms with Crippen molar-refractivity contribution in [1.29, 1.82) is 0 Å². The Hall–Kier alpha value is -3.87. The Labute approximate surface area is 260 Å². The molecule has 5 aromatic rings. The fourth-order valence-corrected chi connectivity index (χ4v) is 7.45. The van der Waals surface area contributed by atoms with Crippen LogP contribution in [0.3, 0.4) is 0 Å². The lowest BCUT2D eigenvalue weighted by Gasteiger charge is -2.13. The van der Waals surface area contributed by atoms with Crippen LogP contribution >= 0.6 is 58.1 Å². The summed E-state index contributed by atoms with van der Waals surface area (Å²) < 4.78 is 7.49. The molecule has 2 aromatic heterocycles. The van der Waals surface area contributed by atoms with Gasteiger partial charge in [0.2, 0.25) is 0 Å². The first-order valence-corrected chi connectivity index (χ1v) is 15.4. The van der Waals surface area contributed by atoms with E-state index in [1.54, 1.807) is 78.9 Å². The van der Waals surface area contributed by atoms with Crippen LogP contribution in [0, 0.1) is 0 Å². The van der Waals surface area contributed by atoms with Crippen LogP contribution in [-0.2, 0) is 4.79 Å². The van der Waals surface area contributed by atoms with E-state index in [1.807, 2.05) is 0 Å². The number of rotatable bonds is 5. The predicted molar refractivity (Wildman–Crippen MR) is 167 cm³/mol. The van der Waals surface area contributed by atoms with Crippen LogP contribution in [-0.4, -0.2) is 27.9 Å². The zero-order chi connectivity index (χ0) is 29.0. The minimum atomic E-state index is -0.340. The van der Waals surface area contributed by atoms with Crippen molar-refractivity contribution in [1.82, 2.24) is 10.3 Å². The van der Waals surface area contributed by atoms with Gasteiger partial charge in [0.15, 0.2) is 14.6 Å². The van der Waals surface area contributed by atoms with Gasteiger partial charge in [-0.2, -0.15) is 0 Å². The van der Waals surface area contributed by atoms with Crippen molar-refractivity contribution in [3.8, 4) is 0 Å². The lowest BCUT2D eigenvalue weighted by Crippen LogP contribution is -2.29. The minimum Gasteiger partial charge on any atom is -0.450 e. The zero-order valence-electron chi connectivity index (χ0n) is 21.0. The summed E-state index contributed by atoms with van der Waals surface area (Å²) in [6.07, 6.45) is 1.65. The number of nitrogens with zero attached hydrogens (tertiary/aromatic N) is 3. The normalized spacial score (nSPS) is 16.7. The maximum Gasteiger partial charge on any atom is 0.266 e. The number of carbonyl (C=O) groups excluding carboxylic acids is 3. The second-order valence-electron chi connectivity index (χ2n) is 8.96. The molecule has 0 aliphatic carbocycles. The predicted octanol–water partition coefficient (Wildman–Crippen LogP) is 8.04. The molecular weight excluding hydrogens is 635 g/mol. The number of imide groups is 1. The third-order valence-corrected chi connectivity index (χ3v) is 9.90. The van der Waals surface area contributed by atoms with E-state index in [9.17, 15) is 14.4 Å². The van der Waals surface area contributed by atoms with Crippen LogP contribution in [0.1, 0.15) is 26.5 Å². The number of anilines is 1. The number of carbonyl (C=O) groups is 3. The van der Waals surface area contributed by atoms with Gasteiger partial charge in [0.25, 0.3) is 17.7 Å². The summed E-state index contributed by atoms with van der Waals surface area (Å²) in [5.74, 6) is -0.467. The summed E-state index contributed by atoms with van der Waals surface area (Å²) in [6.45, 7) is 0. The summed E-state index contributed by atoms with van der Waals surface area (Å²) in [5.41, 5.74) is 2.60. The van der Waals surface area contributed by atoms with Crippen LogP contribution < -0.4 is 10.2 Å². The Kier molecular flexibility index (Phi) is 6.91. The van der Waals surface area contributed by atoms with Gasteiger partial charge in [-0.1, -0.05) is 35.3 Å². The maximum atomic E-state index is 12.9. The molecular formula is C29H14Cl2N4O4S3. The topological polar surface area (TPSA) is 105 Å². The lowest BCUT2D eigenvalue weighted by atomic mass is 10.1. The van der Waals surface area contributed by atoms with E-state index in [0.717, 1.165) is 14.6 Å². The highest BCUT2D eigenvalue weighted by Gasteiger charge is 2.36. The average molecular weight is 650 g/mol. The number of benzene rings is 3. The number of amides is 3. The number of fused-ring (bicyclic) bond motifs is 2. The van der Waals surface area contributed by atoms with Crippen molar-refractivity contribution in [2.24, 2.45) is 4.99 Å². The summed E-state index contributed by atoms with van der Waals surface area (Å²) >= 11 is 16.0. The van der Waals surface area contributed by atoms with Gasteiger partial charge in [0.1, 0.15) is 5.76 Å². The number of furan rings is 1. The zero-order valence-corrected chi connectivity index (χ0v) is 24.9. The van der Waals surface area contributed by atoms with Crippen molar-refractivity contribution in [3.63, 3.8) is 0 Å². The van der Waals surface area contributed by atoms with Crippen molar-refractivity contribution in [2.45, 2.75) is 9.43 Å². The molecule has 0 saturated carbocycles. The van der Waals surface area contributed by atoms with E-state index in [4.69, 9.17) is 27.6 Å². The number of thioether (sulfide) groups is 1. The number of hydrogen-bond acceptors (Lipinski definition) is 9. The molecule has 3 aromatic carbocycles. The molecule has 0 spiro atoms. The van der Waals surface area contributed by atoms with Gasteiger partial charge < -0.3 is 9.73 Å². The van der Waals surface area contributed by atoms with Gasteiger partial charge in [0, 0.05) is 6.08 Å². The first kappa shape index (κ1) is 27.0. The minimum absolute atomic E-state index is 0.288. The van der Waals surface area contributed by atoms with E-state index in [0.29, 0.717) is 53.5 Å². The smallest absolute Gasteiger partial charge is 0.266 e. The Morgan fingerprint density at radius 2 is 1.71 bits per heavy atom. The van der Waals surface area contributed by atoms with E-state index in [2.05, 4.69) is 15.3 Å². The molecule has 13 heteroatoms. The second-order valence-corrected chi connectivity index (χ2v) is 13.1. The number of hydrogen-bond donors (Lipinski definition) is 1. The number of thiazole rings is 1. The van der Waals surface area contributed by atoms with E-state index >= 15 is 0 Å². The highest BCUT2D eigenvalue weighted by atomic mass is 35.5. The molecule has 4 heterocycles. The average Bonchev–Trinajstić information content (AvgIpc) is 3.73. The quantitative estimate of drug-likeness (QED) is 0.152. The largest absolute Gasteiger partial charge is 0.450 e. The molecule has 2 aliphatic rings. The molecule has 42 heavy (non-hydrogen) atoms. The molecule has 8 nitrogen and oxygen atoms in total. The molecule has 0 bridgehead atoms. The second kappa shape index (κ2) is 10.8. The van der Waals surface area contributed by atoms with Crippen molar-refractivity contribution >= 4 is 109 Å². The van der Waals surface area contributed by atoms with Gasteiger partial charge >= 0.3 is 0 Å². The molecule has 7 rings (SSSR count). The van der Waals surface area contributed by atoms with Crippen LogP contribution in [0.25, 0.3) is 16.3 Å². The van der Waals surface area contributed by atoms with Crippen LogP contribution in [0.15, 0.2) is 96.5 Å². The van der Waals surface area contributed by atoms with E-state index < -0.39 is 0 Å². The Balaban J connectivity index is 1.07. The molecule has 1 fully saturated rings. The Bertz CT molecular complexity index is 2000. The van der Waals surface area contributed by atoms with Gasteiger partial charge in [-0.25, -0.2) is 14.9 Å². The molecule has 3 amide bonds. The molecule has 1 N–H and O–H groups in total. The van der Waals surface area contributed by atoms with Gasteiger partial charge in [-0.3, -0.25) is 14.4 Å². The van der Waals surface area contributed by atoms with Crippen LogP contribution in [0.2, 0.25) is 10.0 Å². The highest BCUT2D eigenvalue weighted by Crippen LogP contribution is 2.39. The third kappa shape index (κ3) is 5.03. The van der Waals surface area contributed by atoms with Gasteiger partial charge in [0.05, 0.1) is 47.7 Å². The number of halogens is 2. The molecule has 0 unspecified atom stereocenters. The monoisotopic (exact) mass is 648 g/mol. The SMILES string of the molecule is O=C1NC(=Nc2ccc(Cl)c(Cl)c2)S/C1=C\c1ccc(Sc2nc3ccc(N4C(=O)c5ccccc5C4=O)cc3s2)o1. The summed E-state index contributed by atoms with van der Waals surface area (Å²) in [6, 6.07) is 20.6. The summed E-state index contributed by atoms with van der Waals surface area (Å²) in [5, 5.41) is 4.54. The van der Waals surface area contributed by atoms with Crippen LogP contribution in [0.4, 0.5) is 11.4 Å². The Morgan fingerprint density at radius 1 is 0.929 bits per heavy atom. The fourth-order valence-electron chi connectivity index (χ4n) is 4.33. The number of nitrogens with one attached hydrogen (secondary N) is 1. The molecule has 1 saturated heterocycles. The number of aliphatic imine (C=N–C) groups is 1. The molecule has 0 radical (unpaired) electrons. The van der Waals surface area contributed by atoms with Gasteiger partial charge in [-0.15, -0.1) is 11.3 Å². The molecule has 206 valence electrons. The Morgan fingerprint density at radius 3 is 2.48 bits per heavy atom.